The first-order valence-corrected chi connectivity index (χ1v) is 11.8. The normalized spacial score (nSPS) is 34.1. The fourth-order valence-electron chi connectivity index (χ4n) is 5.65. The summed E-state index contributed by atoms with van der Waals surface area (Å²) in [7, 11) is 0. The summed E-state index contributed by atoms with van der Waals surface area (Å²) in [6.45, 7) is 10.4. The van der Waals surface area contributed by atoms with Crippen LogP contribution in [0.5, 0.6) is 0 Å². The van der Waals surface area contributed by atoms with Crippen molar-refractivity contribution in [1.29, 1.82) is 0 Å². The van der Waals surface area contributed by atoms with Gasteiger partial charge in [-0.05, 0) is 55.4 Å². The molecule has 1 N–H and O–H groups in total. The van der Waals surface area contributed by atoms with Crippen LogP contribution in [0.2, 0.25) is 0 Å². The molecule has 2 rings (SSSR count). The zero-order valence-electron chi connectivity index (χ0n) is 19.1. The van der Waals surface area contributed by atoms with Gasteiger partial charge < -0.3 is 9.84 Å². The number of carbonyl (C=O) groups excluding carboxylic acids is 2. The van der Waals surface area contributed by atoms with Gasteiger partial charge in [0.15, 0.2) is 0 Å². The summed E-state index contributed by atoms with van der Waals surface area (Å²) < 4.78 is 5.48. The minimum absolute atomic E-state index is 0.106. The second-order valence-corrected chi connectivity index (χ2v) is 9.86. The van der Waals surface area contributed by atoms with Crippen molar-refractivity contribution in [2.45, 2.75) is 98.2 Å². The maximum absolute atomic E-state index is 12.9. The minimum atomic E-state index is -0.623. The van der Waals surface area contributed by atoms with Crippen LogP contribution in [0.4, 0.5) is 0 Å². The molecule has 4 heteroatoms. The molecule has 0 radical (unpaired) electrons. The second kappa shape index (κ2) is 11.3. The van der Waals surface area contributed by atoms with Gasteiger partial charge in [-0.25, -0.2) is 0 Å². The van der Waals surface area contributed by atoms with E-state index in [1.165, 1.54) is 19.8 Å². The fraction of sp³-hybridized carbons (Fsp3) is 0.840. The number of hydrogen-bond donors (Lipinski definition) is 1. The van der Waals surface area contributed by atoms with Gasteiger partial charge in [-0.15, -0.1) is 0 Å². The fourth-order valence-corrected chi connectivity index (χ4v) is 5.65. The molecule has 0 aromatic carbocycles. The molecule has 2 fully saturated rings. The molecule has 166 valence electrons. The van der Waals surface area contributed by atoms with E-state index in [1.807, 2.05) is 12.2 Å². The number of ether oxygens (including phenoxy) is 1. The van der Waals surface area contributed by atoms with Crippen LogP contribution in [-0.4, -0.2) is 29.1 Å². The third-order valence-corrected chi connectivity index (χ3v) is 7.13. The third-order valence-electron chi connectivity index (χ3n) is 7.13. The lowest BCUT2D eigenvalue weighted by Crippen LogP contribution is -2.37. The molecule has 0 aromatic rings. The monoisotopic (exact) mass is 406 g/mol. The number of rotatable bonds is 9. The molecule has 2 aliphatic carbocycles. The molecular formula is C25H42O4. The molecule has 0 aliphatic heterocycles. The molecule has 2 aliphatic rings. The Kier molecular flexibility index (Phi) is 9.39. The van der Waals surface area contributed by atoms with Crippen molar-refractivity contribution in [3.63, 3.8) is 0 Å². The van der Waals surface area contributed by atoms with Crippen molar-refractivity contribution in [3.05, 3.63) is 12.2 Å². The first kappa shape index (κ1) is 24.1. The summed E-state index contributed by atoms with van der Waals surface area (Å²) in [6, 6.07) is 0. The summed E-state index contributed by atoms with van der Waals surface area (Å²) in [6.07, 6.45) is 10.8. The summed E-state index contributed by atoms with van der Waals surface area (Å²) in [5.74, 6) is 1.72. The van der Waals surface area contributed by atoms with E-state index in [2.05, 4.69) is 27.7 Å². The van der Waals surface area contributed by atoms with E-state index >= 15 is 0 Å². The first-order chi connectivity index (χ1) is 13.7. The van der Waals surface area contributed by atoms with Crippen molar-refractivity contribution < 1.29 is 19.4 Å². The zero-order valence-corrected chi connectivity index (χ0v) is 19.1. The lowest BCUT2D eigenvalue weighted by molar-refractivity contribution is -0.144. The van der Waals surface area contributed by atoms with E-state index in [0.717, 1.165) is 32.1 Å². The average Bonchev–Trinajstić information content (AvgIpc) is 2.92. The van der Waals surface area contributed by atoms with Crippen LogP contribution in [0.1, 0.15) is 86.0 Å². The van der Waals surface area contributed by atoms with Crippen molar-refractivity contribution in [2.24, 2.45) is 35.5 Å². The summed E-state index contributed by atoms with van der Waals surface area (Å²) in [5.41, 5.74) is 0. The highest BCUT2D eigenvalue weighted by Gasteiger charge is 2.48. The van der Waals surface area contributed by atoms with Crippen molar-refractivity contribution in [3.8, 4) is 0 Å². The number of ketones is 1. The Hall–Kier alpha value is -1.16. The van der Waals surface area contributed by atoms with Gasteiger partial charge in [0.1, 0.15) is 11.9 Å². The molecule has 0 aromatic heterocycles. The number of hydrogen-bond acceptors (Lipinski definition) is 4. The lowest BCUT2D eigenvalue weighted by atomic mass is 9.63. The maximum Gasteiger partial charge on any atom is 0.303 e. The molecule has 0 heterocycles. The largest absolute Gasteiger partial charge is 0.458 e. The Bertz CT molecular complexity index is 567. The molecular weight excluding hydrogens is 364 g/mol. The molecule has 0 amide bonds. The van der Waals surface area contributed by atoms with Gasteiger partial charge in [-0.1, -0.05) is 53.0 Å². The Morgan fingerprint density at radius 1 is 1.28 bits per heavy atom. The maximum atomic E-state index is 12.9. The molecule has 0 saturated heterocycles. The topological polar surface area (TPSA) is 63.6 Å². The standard InChI is InChI=1S/C25H42O4/c1-6-7-8-9-19(29-18(5)26)11-13-21-23(27)15-24(28)25(21)22-14-17(4)10-12-20(22)16(2)3/h11,13,16-17,19-23,25,27H,6-10,12,14-15H2,1-5H3/t17-,19+,20?,21+,22?,23-,25+/m1/s1. The Morgan fingerprint density at radius 2 is 2.00 bits per heavy atom. The predicted octanol–water partition coefficient (Wildman–Crippen LogP) is 5.33. The van der Waals surface area contributed by atoms with Gasteiger partial charge in [-0.3, -0.25) is 9.59 Å². The highest BCUT2D eigenvalue weighted by Crippen LogP contribution is 2.48. The molecule has 2 unspecified atom stereocenters. The van der Waals surface area contributed by atoms with Crippen LogP contribution in [0.25, 0.3) is 0 Å². The highest BCUT2D eigenvalue weighted by molar-refractivity contribution is 5.85. The first-order valence-electron chi connectivity index (χ1n) is 11.8. The number of carbonyl (C=O) groups is 2. The number of esters is 1. The van der Waals surface area contributed by atoms with Crippen LogP contribution >= 0.6 is 0 Å². The van der Waals surface area contributed by atoms with Gasteiger partial charge in [0.05, 0.1) is 6.10 Å². The van der Waals surface area contributed by atoms with Gasteiger partial charge in [0.2, 0.25) is 0 Å². The van der Waals surface area contributed by atoms with Crippen LogP contribution in [0.15, 0.2) is 12.2 Å². The molecule has 0 spiro atoms. The van der Waals surface area contributed by atoms with E-state index in [1.54, 1.807) is 0 Å². The molecule has 0 bridgehead atoms. The van der Waals surface area contributed by atoms with Gasteiger partial charge in [-0.2, -0.15) is 0 Å². The Morgan fingerprint density at radius 3 is 2.62 bits per heavy atom. The smallest absolute Gasteiger partial charge is 0.303 e. The number of Topliss-reactive ketones (excluding diaryl/α,β-unsaturated/α-hetero) is 1. The van der Waals surface area contributed by atoms with Crippen molar-refractivity contribution >= 4 is 11.8 Å². The second-order valence-electron chi connectivity index (χ2n) is 9.86. The Balaban J connectivity index is 2.19. The van der Waals surface area contributed by atoms with Gasteiger partial charge in [0.25, 0.3) is 0 Å². The quantitative estimate of drug-likeness (QED) is 0.319. The number of unbranched alkanes of at least 4 members (excludes halogenated alkanes) is 2. The minimum Gasteiger partial charge on any atom is -0.458 e. The summed E-state index contributed by atoms with van der Waals surface area (Å²) >= 11 is 0. The van der Waals surface area contributed by atoms with E-state index in [0.29, 0.717) is 23.7 Å². The molecule has 29 heavy (non-hydrogen) atoms. The number of aliphatic hydroxyl groups excluding tert-OH is 1. The van der Waals surface area contributed by atoms with Gasteiger partial charge >= 0.3 is 5.97 Å². The van der Waals surface area contributed by atoms with Crippen LogP contribution < -0.4 is 0 Å². The third kappa shape index (κ3) is 6.67. The SMILES string of the molecule is CCCCC[C@@H](C=C[C@H]1[C@H](O)CC(=O)[C@@H]1C1C[C@H](C)CCC1C(C)C)OC(C)=O. The van der Waals surface area contributed by atoms with E-state index in [9.17, 15) is 14.7 Å². The molecule has 4 nitrogen and oxygen atoms in total. The van der Waals surface area contributed by atoms with Crippen molar-refractivity contribution in [1.82, 2.24) is 0 Å². The highest BCUT2D eigenvalue weighted by atomic mass is 16.5. The van der Waals surface area contributed by atoms with Gasteiger partial charge in [0, 0.05) is 25.2 Å². The molecule has 7 atom stereocenters. The Labute approximate surface area is 177 Å². The van der Waals surface area contributed by atoms with Crippen LogP contribution in [0.3, 0.4) is 0 Å². The number of aliphatic hydroxyl groups is 1. The van der Waals surface area contributed by atoms with E-state index in [-0.39, 0.29) is 36.1 Å². The lowest BCUT2D eigenvalue weighted by Gasteiger charge is -2.41. The van der Waals surface area contributed by atoms with E-state index < -0.39 is 6.10 Å². The summed E-state index contributed by atoms with van der Waals surface area (Å²) in [4.78, 5) is 24.4. The summed E-state index contributed by atoms with van der Waals surface area (Å²) in [5, 5.41) is 10.7. The van der Waals surface area contributed by atoms with E-state index in [4.69, 9.17) is 4.74 Å². The van der Waals surface area contributed by atoms with Crippen LogP contribution in [-0.2, 0) is 14.3 Å². The van der Waals surface area contributed by atoms with Crippen molar-refractivity contribution in [2.75, 3.05) is 0 Å². The average molecular weight is 407 g/mol. The molecule has 2 saturated carbocycles. The van der Waals surface area contributed by atoms with Crippen LogP contribution in [0, 0.1) is 35.5 Å². The zero-order chi connectivity index (χ0) is 21.6. The predicted molar refractivity (Wildman–Crippen MR) is 116 cm³/mol.